The summed E-state index contributed by atoms with van der Waals surface area (Å²) < 4.78 is 2.08. The van der Waals surface area contributed by atoms with Gasteiger partial charge in [0, 0.05) is 24.2 Å². The van der Waals surface area contributed by atoms with E-state index in [0.717, 1.165) is 29.9 Å². The molecule has 0 amide bonds. The van der Waals surface area contributed by atoms with Crippen molar-refractivity contribution in [2.75, 3.05) is 0 Å². The van der Waals surface area contributed by atoms with Gasteiger partial charge in [-0.15, -0.1) is 22.9 Å². The van der Waals surface area contributed by atoms with Crippen LogP contribution in [0.1, 0.15) is 18.5 Å². The predicted molar refractivity (Wildman–Crippen MR) is 63.7 cm³/mol. The van der Waals surface area contributed by atoms with Gasteiger partial charge in [-0.05, 0) is 12.8 Å². The molecule has 78 valence electrons. The van der Waals surface area contributed by atoms with E-state index in [1.54, 1.807) is 11.3 Å². The number of halogens is 1. The van der Waals surface area contributed by atoms with E-state index in [4.69, 9.17) is 11.6 Å². The van der Waals surface area contributed by atoms with Gasteiger partial charge in [-0.1, -0.05) is 11.6 Å². The van der Waals surface area contributed by atoms with Crippen LogP contribution in [-0.2, 0) is 6.42 Å². The Bertz CT molecular complexity index is 483. The van der Waals surface area contributed by atoms with Crippen LogP contribution in [0.5, 0.6) is 0 Å². The van der Waals surface area contributed by atoms with Crippen LogP contribution >= 0.6 is 22.9 Å². The van der Waals surface area contributed by atoms with Crippen molar-refractivity contribution < 1.29 is 0 Å². The number of imidazole rings is 1. The second-order valence-corrected chi connectivity index (χ2v) is 5.32. The molecule has 0 fully saturated rings. The molecule has 1 aliphatic carbocycles. The van der Waals surface area contributed by atoms with Gasteiger partial charge in [0.1, 0.15) is 0 Å². The summed E-state index contributed by atoms with van der Waals surface area (Å²) in [7, 11) is 0. The minimum Gasteiger partial charge on any atom is -0.297 e. The molecule has 0 radical (unpaired) electrons. The number of rotatable bonds is 2. The summed E-state index contributed by atoms with van der Waals surface area (Å²) in [6.07, 6.45) is 9.49. The molecule has 3 rings (SSSR count). The topological polar surface area (TPSA) is 17.3 Å². The summed E-state index contributed by atoms with van der Waals surface area (Å²) in [4.78, 5) is 5.63. The molecule has 0 bridgehead atoms. The maximum Gasteiger partial charge on any atom is 0.193 e. The minimum absolute atomic E-state index is 0.240. The van der Waals surface area contributed by atoms with E-state index in [9.17, 15) is 0 Å². The standard InChI is InChI=1S/C11H11ClN2S/c12-9-2-1-8(5-9)6-10-7-14-3-4-15-11(14)13-10/h3-5,7,9H,1-2,6H2. The fourth-order valence-corrected chi connectivity index (χ4v) is 2.99. The van der Waals surface area contributed by atoms with Crippen LogP contribution in [0.15, 0.2) is 29.4 Å². The first-order chi connectivity index (χ1) is 7.31. The third kappa shape index (κ3) is 1.82. The number of nitrogens with zero attached hydrogens (tertiary/aromatic N) is 2. The summed E-state index contributed by atoms with van der Waals surface area (Å²) in [5, 5.41) is 2.29. The van der Waals surface area contributed by atoms with E-state index < -0.39 is 0 Å². The van der Waals surface area contributed by atoms with Crippen LogP contribution in [0.25, 0.3) is 4.96 Å². The average molecular weight is 239 g/mol. The predicted octanol–water partition coefficient (Wildman–Crippen LogP) is 3.27. The molecule has 1 atom stereocenters. The number of thiazole rings is 1. The van der Waals surface area contributed by atoms with Gasteiger partial charge in [-0.25, -0.2) is 4.98 Å². The first-order valence-corrected chi connectivity index (χ1v) is 6.37. The van der Waals surface area contributed by atoms with E-state index >= 15 is 0 Å². The normalized spacial score (nSPS) is 21.1. The Kier molecular flexibility index (Phi) is 2.29. The molecule has 0 saturated heterocycles. The van der Waals surface area contributed by atoms with Gasteiger partial charge in [0.2, 0.25) is 0 Å². The molecular weight excluding hydrogens is 228 g/mol. The molecule has 0 spiro atoms. The largest absolute Gasteiger partial charge is 0.297 e. The van der Waals surface area contributed by atoms with Crippen molar-refractivity contribution in [1.29, 1.82) is 0 Å². The summed E-state index contributed by atoms with van der Waals surface area (Å²) in [5.41, 5.74) is 2.58. The summed E-state index contributed by atoms with van der Waals surface area (Å²) in [6, 6.07) is 0. The first-order valence-electron chi connectivity index (χ1n) is 5.06. The van der Waals surface area contributed by atoms with Gasteiger partial charge >= 0.3 is 0 Å². The lowest BCUT2D eigenvalue weighted by molar-refractivity contribution is 0.886. The van der Waals surface area contributed by atoms with Crippen LogP contribution in [0.2, 0.25) is 0 Å². The number of fused-ring (bicyclic) bond motifs is 1. The van der Waals surface area contributed by atoms with Crippen LogP contribution < -0.4 is 0 Å². The highest BCUT2D eigenvalue weighted by atomic mass is 35.5. The minimum atomic E-state index is 0.240. The Morgan fingerprint density at radius 2 is 2.53 bits per heavy atom. The van der Waals surface area contributed by atoms with E-state index in [2.05, 4.69) is 27.0 Å². The highest BCUT2D eigenvalue weighted by molar-refractivity contribution is 7.15. The molecule has 1 aliphatic rings. The highest BCUT2D eigenvalue weighted by Gasteiger charge is 2.14. The number of hydrogen-bond acceptors (Lipinski definition) is 2. The Labute approximate surface area is 97.2 Å². The average Bonchev–Trinajstić information content (AvgIpc) is 2.81. The molecule has 2 aromatic heterocycles. The van der Waals surface area contributed by atoms with Crippen molar-refractivity contribution in [1.82, 2.24) is 9.38 Å². The lowest BCUT2D eigenvalue weighted by Gasteiger charge is -1.95. The molecular formula is C11H11ClN2S. The second kappa shape index (κ2) is 3.65. The Hall–Kier alpha value is -0.800. The van der Waals surface area contributed by atoms with Crippen molar-refractivity contribution in [3.05, 3.63) is 35.1 Å². The number of hydrogen-bond donors (Lipinski definition) is 0. The Morgan fingerprint density at radius 3 is 3.27 bits per heavy atom. The summed E-state index contributed by atoms with van der Waals surface area (Å²) >= 11 is 7.70. The number of aromatic nitrogens is 2. The molecule has 2 aromatic rings. The monoisotopic (exact) mass is 238 g/mol. The maximum absolute atomic E-state index is 6.03. The summed E-state index contributed by atoms with van der Waals surface area (Å²) in [6.45, 7) is 0. The van der Waals surface area contributed by atoms with Crippen molar-refractivity contribution >= 4 is 27.9 Å². The van der Waals surface area contributed by atoms with Gasteiger partial charge in [0.25, 0.3) is 0 Å². The molecule has 0 aromatic carbocycles. The van der Waals surface area contributed by atoms with E-state index in [-0.39, 0.29) is 5.38 Å². The van der Waals surface area contributed by atoms with E-state index in [1.165, 1.54) is 5.57 Å². The molecule has 4 heteroatoms. The fraction of sp³-hybridized carbons (Fsp3) is 0.364. The van der Waals surface area contributed by atoms with Crippen molar-refractivity contribution in [3.63, 3.8) is 0 Å². The van der Waals surface area contributed by atoms with Gasteiger partial charge in [-0.3, -0.25) is 4.40 Å². The van der Waals surface area contributed by atoms with Gasteiger partial charge < -0.3 is 0 Å². The zero-order chi connectivity index (χ0) is 10.3. The number of alkyl halides is 1. The first kappa shape index (κ1) is 9.43. The van der Waals surface area contributed by atoms with Gasteiger partial charge in [-0.2, -0.15) is 0 Å². The van der Waals surface area contributed by atoms with Crippen LogP contribution in [0.4, 0.5) is 0 Å². The van der Waals surface area contributed by atoms with E-state index in [0.29, 0.717) is 0 Å². The quantitative estimate of drug-likeness (QED) is 0.580. The molecule has 0 aliphatic heterocycles. The van der Waals surface area contributed by atoms with Crippen molar-refractivity contribution in [2.24, 2.45) is 0 Å². The van der Waals surface area contributed by atoms with Gasteiger partial charge in [0.15, 0.2) is 4.96 Å². The third-order valence-corrected chi connectivity index (χ3v) is 3.82. The van der Waals surface area contributed by atoms with Crippen LogP contribution in [0, 0.1) is 0 Å². The zero-order valence-electron chi connectivity index (χ0n) is 8.19. The van der Waals surface area contributed by atoms with Crippen molar-refractivity contribution in [2.45, 2.75) is 24.6 Å². The Morgan fingerprint density at radius 1 is 1.60 bits per heavy atom. The van der Waals surface area contributed by atoms with E-state index in [1.807, 2.05) is 6.20 Å². The highest BCUT2D eigenvalue weighted by Crippen LogP contribution is 2.25. The Balaban J connectivity index is 1.83. The van der Waals surface area contributed by atoms with Crippen LogP contribution in [-0.4, -0.2) is 14.8 Å². The second-order valence-electron chi connectivity index (χ2n) is 3.88. The SMILES string of the molecule is ClC1C=C(Cc2cn3ccsc3n2)CC1. The van der Waals surface area contributed by atoms with Crippen LogP contribution in [0.3, 0.4) is 0 Å². The van der Waals surface area contributed by atoms with Gasteiger partial charge in [0.05, 0.1) is 11.1 Å². The molecule has 0 N–H and O–H groups in total. The summed E-state index contributed by atoms with van der Waals surface area (Å²) in [5.74, 6) is 0. The molecule has 2 heterocycles. The fourth-order valence-electron chi connectivity index (χ4n) is 1.99. The third-order valence-electron chi connectivity index (χ3n) is 2.71. The molecule has 1 unspecified atom stereocenters. The molecule has 0 saturated carbocycles. The lowest BCUT2D eigenvalue weighted by Crippen LogP contribution is -1.87. The zero-order valence-corrected chi connectivity index (χ0v) is 9.76. The van der Waals surface area contributed by atoms with Crippen molar-refractivity contribution in [3.8, 4) is 0 Å². The maximum atomic E-state index is 6.03. The lowest BCUT2D eigenvalue weighted by atomic mass is 10.1. The smallest absolute Gasteiger partial charge is 0.193 e. The molecule has 15 heavy (non-hydrogen) atoms. The number of allylic oxidation sites excluding steroid dienone is 2. The molecule has 2 nitrogen and oxygen atoms in total.